The summed E-state index contributed by atoms with van der Waals surface area (Å²) in [5.41, 5.74) is 3.01. The zero-order chi connectivity index (χ0) is 14.4. The molecule has 0 saturated carbocycles. The minimum Gasteiger partial charge on any atom is -0.383 e. The van der Waals surface area contributed by atoms with E-state index in [1.54, 1.807) is 7.11 Å². The van der Waals surface area contributed by atoms with E-state index in [9.17, 15) is 4.79 Å². The van der Waals surface area contributed by atoms with Crippen LogP contribution in [0.4, 0.5) is 0 Å². The Morgan fingerprint density at radius 3 is 2.63 bits per heavy atom. The average Bonchev–Trinajstić information content (AvgIpc) is 2.41. The van der Waals surface area contributed by atoms with E-state index in [2.05, 4.69) is 11.8 Å². The van der Waals surface area contributed by atoms with Crippen LogP contribution in [0.1, 0.15) is 35.3 Å². The molecule has 0 aromatic heterocycles. The second-order valence-electron chi connectivity index (χ2n) is 4.98. The first kappa shape index (κ1) is 15.9. The van der Waals surface area contributed by atoms with Gasteiger partial charge in [-0.15, -0.1) is 0 Å². The van der Waals surface area contributed by atoms with Crippen LogP contribution >= 0.6 is 0 Å². The highest BCUT2D eigenvalue weighted by atomic mass is 16.5. The summed E-state index contributed by atoms with van der Waals surface area (Å²) in [6.07, 6.45) is 0. The van der Waals surface area contributed by atoms with Gasteiger partial charge in [0.15, 0.2) is 5.78 Å². The summed E-state index contributed by atoms with van der Waals surface area (Å²) in [6, 6.07) is 5.93. The number of ether oxygens (including phenoxy) is 1. The average molecular weight is 263 g/mol. The summed E-state index contributed by atoms with van der Waals surface area (Å²) in [6.45, 7) is 10.3. The van der Waals surface area contributed by atoms with Gasteiger partial charge in [0.1, 0.15) is 0 Å². The van der Waals surface area contributed by atoms with Crippen LogP contribution in [-0.4, -0.2) is 43.5 Å². The van der Waals surface area contributed by atoms with Crippen molar-refractivity contribution in [1.82, 2.24) is 4.90 Å². The maximum atomic E-state index is 12.6. The molecule has 1 unspecified atom stereocenters. The molecule has 1 atom stereocenters. The molecule has 0 radical (unpaired) electrons. The van der Waals surface area contributed by atoms with Gasteiger partial charge in [-0.3, -0.25) is 9.69 Å². The Morgan fingerprint density at radius 1 is 1.37 bits per heavy atom. The van der Waals surface area contributed by atoms with Crippen molar-refractivity contribution >= 4 is 5.78 Å². The molecule has 0 N–H and O–H groups in total. The van der Waals surface area contributed by atoms with Crippen molar-refractivity contribution in [3.63, 3.8) is 0 Å². The molecule has 0 fully saturated rings. The molecule has 1 rings (SSSR count). The SMILES string of the molecule is CCN(CCOC)C(C)C(=O)c1cc(C)ccc1C. The van der Waals surface area contributed by atoms with Crippen molar-refractivity contribution in [3.05, 3.63) is 34.9 Å². The fourth-order valence-electron chi connectivity index (χ4n) is 2.23. The molecule has 0 bridgehead atoms. The number of hydrogen-bond acceptors (Lipinski definition) is 3. The molecule has 1 aromatic rings. The van der Waals surface area contributed by atoms with Crippen LogP contribution < -0.4 is 0 Å². The van der Waals surface area contributed by atoms with Crippen LogP contribution in [0, 0.1) is 13.8 Å². The predicted molar refractivity (Wildman–Crippen MR) is 78.8 cm³/mol. The number of hydrogen-bond donors (Lipinski definition) is 0. The van der Waals surface area contributed by atoms with E-state index >= 15 is 0 Å². The molecular formula is C16H25NO2. The van der Waals surface area contributed by atoms with Crippen LogP contribution in [0.25, 0.3) is 0 Å². The highest BCUT2D eigenvalue weighted by Crippen LogP contribution is 2.15. The Kier molecular flexibility index (Phi) is 6.19. The summed E-state index contributed by atoms with van der Waals surface area (Å²) in [5.74, 6) is 0.194. The van der Waals surface area contributed by atoms with Crippen molar-refractivity contribution in [2.24, 2.45) is 0 Å². The van der Waals surface area contributed by atoms with Crippen molar-refractivity contribution in [2.45, 2.75) is 33.7 Å². The maximum Gasteiger partial charge on any atom is 0.179 e. The number of aryl methyl sites for hydroxylation is 2. The number of nitrogens with zero attached hydrogens (tertiary/aromatic N) is 1. The molecule has 0 aliphatic carbocycles. The lowest BCUT2D eigenvalue weighted by molar-refractivity contribution is 0.0787. The summed E-state index contributed by atoms with van der Waals surface area (Å²) in [4.78, 5) is 14.7. The number of carbonyl (C=O) groups is 1. The van der Waals surface area contributed by atoms with Gasteiger partial charge < -0.3 is 4.74 Å². The molecule has 106 valence electrons. The van der Waals surface area contributed by atoms with E-state index in [4.69, 9.17) is 4.74 Å². The lowest BCUT2D eigenvalue weighted by Gasteiger charge is -2.27. The molecule has 1 aromatic carbocycles. The lowest BCUT2D eigenvalue weighted by Crippen LogP contribution is -2.41. The number of Topliss-reactive ketones (excluding diaryl/α,β-unsaturated/α-hetero) is 1. The lowest BCUT2D eigenvalue weighted by atomic mass is 9.97. The molecule has 0 saturated heterocycles. The van der Waals surface area contributed by atoms with E-state index in [0.29, 0.717) is 6.61 Å². The standard InChI is InChI=1S/C16H25NO2/c1-6-17(9-10-19-5)14(4)16(18)15-11-12(2)7-8-13(15)3/h7-8,11,14H,6,9-10H2,1-5H3. The van der Waals surface area contributed by atoms with Gasteiger partial charge in [0.05, 0.1) is 12.6 Å². The summed E-state index contributed by atoms with van der Waals surface area (Å²) >= 11 is 0. The maximum absolute atomic E-state index is 12.6. The summed E-state index contributed by atoms with van der Waals surface area (Å²) < 4.78 is 5.10. The summed E-state index contributed by atoms with van der Waals surface area (Å²) in [7, 11) is 1.69. The van der Waals surface area contributed by atoms with Crippen molar-refractivity contribution in [1.29, 1.82) is 0 Å². The van der Waals surface area contributed by atoms with E-state index in [1.807, 2.05) is 39.0 Å². The van der Waals surface area contributed by atoms with E-state index in [-0.39, 0.29) is 11.8 Å². The largest absolute Gasteiger partial charge is 0.383 e. The number of ketones is 1. The first-order valence-electron chi connectivity index (χ1n) is 6.85. The van der Waals surface area contributed by atoms with Crippen LogP contribution in [0.3, 0.4) is 0 Å². The van der Waals surface area contributed by atoms with E-state index in [0.717, 1.165) is 29.8 Å². The second-order valence-corrected chi connectivity index (χ2v) is 4.98. The molecule has 19 heavy (non-hydrogen) atoms. The van der Waals surface area contributed by atoms with E-state index < -0.39 is 0 Å². The fraction of sp³-hybridized carbons (Fsp3) is 0.562. The van der Waals surface area contributed by atoms with Crippen LogP contribution in [-0.2, 0) is 4.74 Å². The molecular weight excluding hydrogens is 238 g/mol. The summed E-state index contributed by atoms with van der Waals surface area (Å²) in [5, 5.41) is 0. The second kappa shape index (κ2) is 7.41. The monoisotopic (exact) mass is 263 g/mol. The molecule has 0 spiro atoms. The Balaban J connectivity index is 2.88. The van der Waals surface area contributed by atoms with Crippen molar-refractivity contribution in [2.75, 3.05) is 26.8 Å². The van der Waals surface area contributed by atoms with E-state index in [1.165, 1.54) is 0 Å². The fourth-order valence-corrected chi connectivity index (χ4v) is 2.23. The first-order valence-corrected chi connectivity index (χ1v) is 6.85. The minimum atomic E-state index is -0.111. The van der Waals surface area contributed by atoms with Gasteiger partial charge in [-0.25, -0.2) is 0 Å². The number of likely N-dealkylation sites (N-methyl/N-ethyl adjacent to an activating group) is 1. The van der Waals surface area contributed by atoms with Crippen LogP contribution in [0.5, 0.6) is 0 Å². The van der Waals surface area contributed by atoms with Crippen LogP contribution in [0.2, 0.25) is 0 Å². The van der Waals surface area contributed by atoms with Gasteiger partial charge in [-0.2, -0.15) is 0 Å². The van der Waals surface area contributed by atoms with Crippen LogP contribution in [0.15, 0.2) is 18.2 Å². The van der Waals surface area contributed by atoms with Gasteiger partial charge in [-0.1, -0.05) is 24.6 Å². The Morgan fingerprint density at radius 2 is 2.05 bits per heavy atom. The molecule has 3 heteroatoms. The van der Waals surface area contributed by atoms with Crippen molar-refractivity contribution < 1.29 is 9.53 Å². The highest BCUT2D eigenvalue weighted by molar-refractivity contribution is 6.01. The van der Waals surface area contributed by atoms with Gasteiger partial charge in [0, 0.05) is 19.2 Å². The molecule has 0 aliphatic heterocycles. The number of carbonyl (C=O) groups excluding carboxylic acids is 1. The number of methoxy groups -OCH3 is 1. The third-order valence-electron chi connectivity index (χ3n) is 3.57. The topological polar surface area (TPSA) is 29.5 Å². The molecule has 0 amide bonds. The first-order chi connectivity index (χ1) is 9.01. The molecule has 0 aliphatic rings. The predicted octanol–water partition coefficient (Wildman–Crippen LogP) is 2.84. The Labute approximate surface area is 116 Å². The quantitative estimate of drug-likeness (QED) is 0.708. The number of benzene rings is 1. The molecule has 3 nitrogen and oxygen atoms in total. The van der Waals surface area contributed by atoms with Gasteiger partial charge in [0.2, 0.25) is 0 Å². The number of rotatable bonds is 7. The smallest absolute Gasteiger partial charge is 0.179 e. The third kappa shape index (κ3) is 4.15. The third-order valence-corrected chi connectivity index (χ3v) is 3.57. The Bertz CT molecular complexity index is 429. The van der Waals surface area contributed by atoms with Gasteiger partial charge >= 0.3 is 0 Å². The van der Waals surface area contributed by atoms with Crippen molar-refractivity contribution in [3.8, 4) is 0 Å². The zero-order valence-corrected chi connectivity index (χ0v) is 12.7. The Hall–Kier alpha value is -1.19. The molecule has 0 heterocycles. The van der Waals surface area contributed by atoms with Gasteiger partial charge in [-0.05, 0) is 38.9 Å². The minimum absolute atomic E-state index is 0.111. The zero-order valence-electron chi connectivity index (χ0n) is 12.7. The highest BCUT2D eigenvalue weighted by Gasteiger charge is 2.22. The van der Waals surface area contributed by atoms with Gasteiger partial charge in [0.25, 0.3) is 0 Å². The normalized spacial score (nSPS) is 12.7.